The van der Waals surface area contributed by atoms with E-state index in [0.29, 0.717) is 0 Å². The second kappa shape index (κ2) is 6.98. The Balaban J connectivity index is 4.21. The third kappa shape index (κ3) is 6.65. The van der Waals surface area contributed by atoms with Crippen LogP contribution in [0.5, 0.6) is 0 Å². The first-order chi connectivity index (χ1) is 6.97. The molecule has 0 rings (SSSR count). The molecule has 0 amide bonds. The van der Waals surface area contributed by atoms with E-state index in [2.05, 4.69) is 0 Å². The molecule has 0 spiro atoms. The standard InChI is InChI=1S/C10H16O5/c1-7(4-5-11)10(15-9(3)13)6-14-8(2)12/h5,7,10H,4,6H2,1-3H3. The van der Waals surface area contributed by atoms with Crippen LogP contribution in [-0.4, -0.2) is 30.9 Å². The predicted octanol–water partition coefficient (Wildman–Crippen LogP) is 0.706. The van der Waals surface area contributed by atoms with E-state index in [-0.39, 0.29) is 18.9 Å². The average Bonchev–Trinajstić information content (AvgIpc) is 2.11. The number of aldehydes is 1. The Bertz CT molecular complexity index is 236. The molecule has 0 N–H and O–H groups in total. The highest BCUT2D eigenvalue weighted by atomic mass is 16.6. The van der Waals surface area contributed by atoms with Crippen LogP contribution >= 0.6 is 0 Å². The van der Waals surface area contributed by atoms with E-state index < -0.39 is 18.0 Å². The molecule has 0 radical (unpaired) electrons. The first-order valence-electron chi connectivity index (χ1n) is 4.71. The van der Waals surface area contributed by atoms with Gasteiger partial charge in [0.1, 0.15) is 19.0 Å². The minimum absolute atomic E-state index is 0.01000. The predicted molar refractivity (Wildman–Crippen MR) is 52.0 cm³/mol. The van der Waals surface area contributed by atoms with Crippen molar-refractivity contribution in [1.29, 1.82) is 0 Å². The van der Waals surface area contributed by atoms with Crippen LogP contribution < -0.4 is 0 Å². The molecule has 86 valence electrons. The minimum Gasteiger partial charge on any atom is -0.462 e. The van der Waals surface area contributed by atoms with E-state index in [1.807, 2.05) is 0 Å². The number of hydrogen-bond acceptors (Lipinski definition) is 5. The molecule has 0 bridgehead atoms. The van der Waals surface area contributed by atoms with Crippen molar-refractivity contribution in [2.75, 3.05) is 6.61 Å². The topological polar surface area (TPSA) is 69.7 Å². The first-order valence-corrected chi connectivity index (χ1v) is 4.71. The van der Waals surface area contributed by atoms with Gasteiger partial charge in [-0.2, -0.15) is 0 Å². The van der Waals surface area contributed by atoms with E-state index in [1.165, 1.54) is 13.8 Å². The van der Waals surface area contributed by atoms with Crippen LogP contribution in [-0.2, 0) is 23.9 Å². The molecule has 0 aliphatic carbocycles. The summed E-state index contributed by atoms with van der Waals surface area (Å²) < 4.78 is 9.68. The van der Waals surface area contributed by atoms with Gasteiger partial charge in [0, 0.05) is 26.2 Å². The Morgan fingerprint density at radius 2 is 1.87 bits per heavy atom. The molecule has 5 nitrogen and oxygen atoms in total. The molecule has 0 aromatic heterocycles. The van der Waals surface area contributed by atoms with Gasteiger partial charge in [0.2, 0.25) is 0 Å². The van der Waals surface area contributed by atoms with E-state index >= 15 is 0 Å². The second-order valence-electron chi connectivity index (χ2n) is 3.33. The molecule has 5 heteroatoms. The summed E-state index contributed by atoms with van der Waals surface area (Å²) in [5.74, 6) is -1.05. The summed E-state index contributed by atoms with van der Waals surface area (Å²) in [6.07, 6.45) is 0.449. The third-order valence-corrected chi connectivity index (χ3v) is 1.87. The van der Waals surface area contributed by atoms with Gasteiger partial charge >= 0.3 is 11.9 Å². The van der Waals surface area contributed by atoms with Crippen LogP contribution in [0.2, 0.25) is 0 Å². The Hall–Kier alpha value is -1.39. The number of rotatable bonds is 6. The fourth-order valence-electron chi connectivity index (χ4n) is 1.03. The quantitative estimate of drug-likeness (QED) is 0.483. The van der Waals surface area contributed by atoms with Crippen molar-refractivity contribution in [1.82, 2.24) is 0 Å². The molecule has 0 saturated carbocycles. The third-order valence-electron chi connectivity index (χ3n) is 1.87. The lowest BCUT2D eigenvalue weighted by atomic mass is 10.0. The van der Waals surface area contributed by atoms with E-state index in [4.69, 9.17) is 9.47 Å². The average molecular weight is 216 g/mol. The fourth-order valence-corrected chi connectivity index (χ4v) is 1.03. The zero-order chi connectivity index (χ0) is 11.8. The summed E-state index contributed by atoms with van der Waals surface area (Å²) in [6, 6.07) is 0. The molecule has 2 atom stereocenters. The number of esters is 2. The highest BCUT2D eigenvalue weighted by Crippen LogP contribution is 2.11. The summed E-state index contributed by atoms with van der Waals surface area (Å²) in [4.78, 5) is 31.6. The largest absolute Gasteiger partial charge is 0.462 e. The Labute approximate surface area is 88.7 Å². The molecule has 0 aromatic carbocycles. The van der Waals surface area contributed by atoms with Crippen LogP contribution in [0, 0.1) is 5.92 Å². The summed E-state index contributed by atoms with van der Waals surface area (Å²) in [5, 5.41) is 0. The zero-order valence-electron chi connectivity index (χ0n) is 9.19. The van der Waals surface area contributed by atoms with Gasteiger partial charge in [-0.25, -0.2) is 0 Å². The lowest BCUT2D eigenvalue weighted by Crippen LogP contribution is -2.30. The molecule has 0 aliphatic heterocycles. The van der Waals surface area contributed by atoms with Crippen molar-refractivity contribution in [2.24, 2.45) is 5.92 Å². The van der Waals surface area contributed by atoms with Gasteiger partial charge in [0.25, 0.3) is 0 Å². The monoisotopic (exact) mass is 216 g/mol. The molecule has 2 unspecified atom stereocenters. The highest BCUT2D eigenvalue weighted by molar-refractivity contribution is 5.67. The van der Waals surface area contributed by atoms with Crippen LogP contribution in [0.4, 0.5) is 0 Å². The molecule has 0 saturated heterocycles. The summed E-state index contributed by atoms with van der Waals surface area (Å²) in [6.45, 7) is 4.29. The molecule has 0 aromatic rings. The van der Waals surface area contributed by atoms with Gasteiger partial charge in [-0.3, -0.25) is 9.59 Å². The number of carbonyl (C=O) groups is 3. The van der Waals surface area contributed by atoms with Crippen molar-refractivity contribution < 1.29 is 23.9 Å². The molecule has 0 aliphatic rings. The van der Waals surface area contributed by atoms with Crippen molar-refractivity contribution >= 4 is 18.2 Å². The van der Waals surface area contributed by atoms with E-state index in [0.717, 1.165) is 6.29 Å². The first kappa shape index (κ1) is 13.6. The van der Waals surface area contributed by atoms with Crippen molar-refractivity contribution in [3.8, 4) is 0 Å². The summed E-state index contributed by atoms with van der Waals surface area (Å²) in [7, 11) is 0. The van der Waals surface area contributed by atoms with Crippen LogP contribution in [0.1, 0.15) is 27.2 Å². The van der Waals surface area contributed by atoms with E-state index in [9.17, 15) is 14.4 Å². The van der Waals surface area contributed by atoms with Crippen molar-refractivity contribution in [2.45, 2.75) is 33.3 Å². The Morgan fingerprint density at radius 3 is 2.27 bits per heavy atom. The van der Waals surface area contributed by atoms with Gasteiger partial charge < -0.3 is 14.3 Å². The summed E-state index contributed by atoms with van der Waals surface area (Å²) >= 11 is 0. The van der Waals surface area contributed by atoms with Gasteiger partial charge in [-0.05, 0) is 0 Å². The maximum atomic E-state index is 10.8. The Morgan fingerprint density at radius 1 is 1.27 bits per heavy atom. The van der Waals surface area contributed by atoms with Gasteiger partial charge in [-0.1, -0.05) is 6.92 Å². The van der Waals surface area contributed by atoms with E-state index in [1.54, 1.807) is 6.92 Å². The lowest BCUT2D eigenvalue weighted by molar-refractivity contribution is -0.159. The molecule has 15 heavy (non-hydrogen) atoms. The zero-order valence-corrected chi connectivity index (χ0v) is 9.19. The number of carbonyl (C=O) groups excluding carboxylic acids is 3. The minimum atomic E-state index is -0.559. The number of hydrogen-bond donors (Lipinski definition) is 0. The van der Waals surface area contributed by atoms with Crippen LogP contribution in [0.25, 0.3) is 0 Å². The molecule has 0 fully saturated rings. The lowest BCUT2D eigenvalue weighted by Gasteiger charge is -2.21. The molecular formula is C10H16O5. The molecule has 0 heterocycles. The maximum Gasteiger partial charge on any atom is 0.303 e. The molecular weight excluding hydrogens is 200 g/mol. The fraction of sp³-hybridized carbons (Fsp3) is 0.700. The smallest absolute Gasteiger partial charge is 0.303 e. The van der Waals surface area contributed by atoms with Gasteiger partial charge in [-0.15, -0.1) is 0 Å². The second-order valence-corrected chi connectivity index (χ2v) is 3.33. The summed E-state index contributed by atoms with van der Waals surface area (Å²) in [5.41, 5.74) is 0. The van der Waals surface area contributed by atoms with Crippen LogP contribution in [0.3, 0.4) is 0 Å². The maximum absolute atomic E-state index is 10.8. The van der Waals surface area contributed by atoms with Crippen LogP contribution in [0.15, 0.2) is 0 Å². The number of ether oxygens (including phenoxy) is 2. The van der Waals surface area contributed by atoms with Crippen molar-refractivity contribution in [3.05, 3.63) is 0 Å². The van der Waals surface area contributed by atoms with Gasteiger partial charge in [0.15, 0.2) is 0 Å². The SMILES string of the molecule is CC(=O)OCC(OC(C)=O)C(C)CC=O. The highest BCUT2D eigenvalue weighted by Gasteiger charge is 2.21. The van der Waals surface area contributed by atoms with Gasteiger partial charge in [0.05, 0.1) is 0 Å². The van der Waals surface area contributed by atoms with Crippen molar-refractivity contribution in [3.63, 3.8) is 0 Å². The normalized spacial score (nSPS) is 13.8. The Kier molecular flexibility index (Phi) is 6.33.